The molecule has 3 heterocycles. The molecule has 0 aliphatic heterocycles. The van der Waals surface area contributed by atoms with Crippen LogP contribution >= 0.6 is 11.3 Å². The summed E-state index contributed by atoms with van der Waals surface area (Å²) >= 11 is 1.54. The highest BCUT2D eigenvalue weighted by molar-refractivity contribution is 7.09. The molecule has 0 bridgehead atoms. The summed E-state index contributed by atoms with van der Waals surface area (Å²) in [7, 11) is 0. The summed E-state index contributed by atoms with van der Waals surface area (Å²) < 4.78 is 5.53. The van der Waals surface area contributed by atoms with Gasteiger partial charge in [-0.2, -0.15) is 0 Å². The molecule has 140 valence electrons. The second kappa shape index (κ2) is 6.83. The number of aromatic nitrogens is 3. The molecular weight excluding hydrogens is 372 g/mol. The molecule has 3 aromatic heterocycles. The monoisotopic (exact) mass is 390 g/mol. The number of aryl methyl sites for hydroxylation is 1. The smallest absolute Gasteiger partial charge is 0.259 e. The number of hydrogen-bond acceptors (Lipinski definition) is 6. The Bertz CT molecular complexity index is 1160. The van der Waals surface area contributed by atoms with E-state index >= 15 is 0 Å². The van der Waals surface area contributed by atoms with Crippen LogP contribution in [0.5, 0.6) is 0 Å². The van der Waals surface area contributed by atoms with Crippen LogP contribution in [0.25, 0.3) is 22.4 Å². The molecule has 1 aliphatic carbocycles. The van der Waals surface area contributed by atoms with Crippen molar-refractivity contribution in [2.75, 3.05) is 0 Å². The van der Waals surface area contributed by atoms with Crippen LogP contribution in [0.15, 0.2) is 46.3 Å². The van der Waals surface area contributed by atoms with Crippen molar-refractivity contribution in [3.05, 3.63) is 63.7 Å². The van der Waals surface area contributed by atoms with Gasteiger partial charge in [-0.05, 0) is 25.8 Å². The Morgan fingerprint density at radius 2 is 2.07 bits per heavy atom. The number of carbonyl (C=O) groups is 1. The minimum absolute atomic E-state index is 0.164. The van der Waals surface area contributed by atoms with Crippen LogP contribution in [0.3, 0.4) is 0 Å². The van der Waals surface area contributed by atoms with E-state index in [2.05, 4.69) is 20.4 Å². The molecule has 1 fully saturated rings. The van der Waals surface area contributed by atoms with E-state index in [-0.39, 0.29) is 5.91 Å². The van der Waals surface area contributed by atoms with Gasteiger partial charge in [0.25, 0.3) is 11.6 Å². The number of amides is 1. The number of thiazole rings is 1. The highest BCUT2D eigenvalue weighted by Gasteiger charge is 2.29. The molecule has 4 aromatic rings. The molecule has 7 heteroatoms. The predicted molar refractivity (Wildman–Crippen MR) is 107 cm³/mol. The zero-order valence-electron chi connectivity index (χ0n) is 15.3. The molecule has 0 unspecified atom stereocenters. The van der Waals surface area contributed by atoms with Crippen LogP contribution in [0.2, 0.25) is 0 Å². The third-order valence-corrected chi connectivity index (χ3v) is 5.79. The summed E-state index contributed by atoms with van der Waals surface area (Å²) in [4.78, 5) is 22.1. The minimum atomic E-state index is -0.164. The second-order valence-corrected chi connectivity index (χ2v) is 7.95. The highest BCUT2D eigenvalue weighted by Crippen LogP contribution is 2.41. The molecule has 1 aromatic carbocycles. The van der Waals surface area contributed by atoms with Gasteiger partial charge in [0.15, 0.2) is 0 Å². The van der Waals surface area contributed by atoms with E-state index in [9.17, 15) is 4.79 Å². The van der Waals surface area contributed by atoms with Gasteiger partial charge in [0.1, 0.15) is 10.7 Å². The number of rotatable bonds is 5. The van der Waals surface area contributed by atoms with E-state index in [0.29, 0.717) is 34.8 Å². The molecule has 0 saturated heterocycles. The predicted octanol–water partition coefficient (Wildman–Crippen LogP) is 4.46. The first-order chi connectivity index (χ1) is 13.7. The largest absolute Gasteiger partial charge is 0.345 e. The first-order valence-electron chi connectivity index (χ1n) is 9.24. The first kappa shape index (κ1) is 17.1. The molecule has 5 rings (SSSR count). The summed E-state index contributed by atoms with van der Waals surface area (Å²) in [5.74, 6) is 0.241. The van der Waals surface area contributed by atoms with E-state index in [0.717, 1.165) is 34.8 Å². The van der Waals surface area contributed by atoms with E-state index in [1.54, 1.807) is 11.3 Å². The summed E-state index contributed by atoms with van der Waals surface area (Å²) in [6.45, 7) is 2.34. The Labute approximate surface area is 165 Å². The Morgan fingerprint density at radius 3 is 2.79 bits per heavy atom. The van der Waals surface area contributed by atoms with Crippen LogP contribution in [-0.2, 0) is 6.54 Å². The number of pyridine rings is 1. The van der Waals surface area contributed by atoms with Crippen molar-refractivity contribution >= 4 is 28.3 Å². The zero-order valence-corrected chi connectivity index (χ0v) is 16.1. The van der Waals surface area contributed by atoms with Crippen LogP contribution in [0.1, 0.15) is 45.5 Å². The van der Waals surface area contributed by atoms with Gasteiger partial charge in [0.2, 0.25) is 0 Å². The average Bonchev–Trinajstić information content (AvgIpc) is 3.35. The summed E-state index contributed by atoms with van der Waals surface area (Å²) in [6, 6.07) is 11.6. The topological polar surface area (TPSA) is 80.9 Å². The molecular formula is C21H18N4O2S. The lowest BCUT2D eigenvalue weighted by Crippen LogP contribution is -2.23. The van der Waals surface area contributed by atoms with Gasteiger partial charge in [-0.3, -0.25) is 4.79 Å². The SMILES string of the molecule is Cc1csc(CNC(=O)c2cc(C3CC3)nc3onc(-c4ccccc4)c23)n1. The van der Waals surface area contributed by atoms with Gasteiger partial charge >= 0.3 is 0 Å². The van der Waals surface area contributed by atoms with Gasteiger partial charge in [-0.25, -0.2) is 9.97 Å². The maximum atomic E-state index is 13.1. The highest BCUT2D eigenvalue weighted by atomic mass is 32.1. The van der Waals surface area contributed by atoms with Crippen molar-refractivity contribution in [1.29, 1.82) is 0 Å². The first-order valence-corrected chi connectivity index (χ1v) is 10.1. The number of fused-ring (bicyclic) bond motifs is 1. The van der Waals surface area contributed by atoms with Gasteiger partial charge < -0.3 is 9.84 Å². The van der Waals surface area contributed by atoms with Crippen LogP contribution in [-0.4, -0.2) is 21.0 Å². The molecule has 1 aliphatic rings. The van der Waals surface area contributed by atoms with Crippen LogP contribution in [0, 0.1) is 6.92 Å². The number of benzene rings is 1. The van der Waals surface area contributed by atoms with Crippen LogP contribution < -0.4 is 5.32 Å². The Morgan fingerprint density at radius 1 is 1.25 bits per heavy atom. The molecule has 0 spiro atoms. The molecule has 0 radical (unpaired) electrons. The third kappa shape index (κ3) is 3.18. The Balaban J connectivity index is 1.56. The fourth-order valence-electron chi connectivity index (χ4n) is 3.27. The van der Waals surface area contributed by atoms with Gasteiger partial charge in [-0.15, -0.1) is 11.3 Å². The van der Waals surface area contributed by atoms with E-state index in [4.69, 9.17) is 4.52 Å². The van der Waals surface area contributed by atoms with Gasteiger partial charge in [-0.1, -0.05) is 35.5 Å². The lowest BCUT2D eigenvalue weighted by atomic mass is 10.0. The lowest BCUT2D eigenvalue weighted by molar-refractivity contribution is 0.0952. The van der Waals surface area contributed by atoms with Gasteiger partial charge in [0.05, 0.1) is 17.5 Å². The average molecular weight is 390 g/mol. The Hall–Kier alpha value is -3.06. The Kier molecular flexibility index (Phi) is 4.16. The summed E-state index contributed by atoms with van der Waals surface area (Å²) in [5.41, 5.74) is 4.37. The number of nitrogens with zero attached hydrogens (tertiary/aromatic N) is 3. The van der Waals surface area contributed by atoms with E-state index < -0.39 is 0 Å². The fourth-order valence-corrected chi connectivity index (χ4v) is 3.98. The fraction of sp³-hybridized carbons (Fsp3) is 0.238. The summed E-state index contributed by atoms with van der Waals surface area (Å²) in [5, 5.41) is 10.7. The summed E-state index contributed by atoms with van der Waals surface area (Å²) in [6.07, 6.45) is 2.19. The van der Waals surface area contributed by atoms with Crippen molar-refractivity contribution < 1.29 is 9.32 Å². The maximum absolute atomic E-state index is 13.1. The molecule has 1 saturated carbocycles. The van der Waals surface area contributed by atoms with Crippen molar-refractivity contribution in [2.24, 2.45) is 0 Å². The third-order valence-electron chi connectivity index (χ3n) is 4.82. The quantitative estimate of drug-likeness (QED) is 0.544. The number of nitrogens with one attached hydrogen (secondary N) is 1. The zero-order chi connectivity index (χ0) is 19.1. The second-order valence-electron chi connectivity index (χ2n) is 7.01. The molecule has 28 heavy (non-hydrogen) atoms. The van der Waals surface area contributed by atoms with Crippen molar-refractivity contribution in [3.63, 3.8) is 0 Å². The van der Waals surface area contributed by atoms with Crippen LogP contribution in [0.4, 0.5) is 0 Å². The number of hydrogen-bond donors (Lipinski definition) is 1. The van der Waals surface area contributed by atoms with Crippen molar-refractivity contribution in [1.82, 2.24) is 20.4 Å². The van der Waals surface area contributed by atoms with E-state index in [1.807, 2.05) is 48.7 Å². The molecule has 6 nitrogen and oxygen atoms in total. The van der Waals surface area contributed by atoms with Crippen molar-refractivity contribution in [3.8, 4) is 11.3 Å². The molecule has 0 atom stereocenters. The molecule has 1 amide bonds. The van der Waals surface area contributed by atoms with Gasteiger partial charge in [0, 0.05) is 28.2 Å². The normalized spacial score (nSPS) is 13.8. The van der Waals surface area contributed by atoms with E-state index in [1.165, 1.54) is 0 Å². The molecule has 1 N–H and O–H groups in total. The number of carbonyl (C=O) groups excluding carboxylic acids is 1. The lowest BCUT2D eigenvalue weighted by Gasteiger charge is -2.07. The standard InChI is InChI=1S/C21H18N4O2S/c1-12-11-28-17(23-12)10-22-20(26)15-9-16(13-7-8-13)24-21-18(15)19(25-27-21)14-5-3-2-4-6-14/h2-6,9,11,13H,7-8,10H2,1H3,(H,22,26). The maximum Gasteiger partial charge on any atom is 0.259 e. The van der Waals surface area contributed by atoms with Crippen molar-refractivity contribution in [2.45, 2.75) is 32.2 Å². The minimum Gasteiger partial charge on any atom is -0.345 e.